The SMILES string of the molecule is CN=C(NCC(C)N1CCN(C)CC1)N(C)Cc1ccon1. The Morgan fingerprint density at radius 2 is 2.18 bits per heavy atom. The van der Waals surface area contributed by atoms with Crippen LogP contribution in [0.15, 0.2) is 21.8 Å². The van der Waals surface area contributed by atoms with Crippen molar-refractivity contribution in [3.05, 3.63) is 18.0 Å². The summed E-state index contributed by atoms with van der Waals surface area (Å²) in [5.74, 6) is 0.879. The van der Waals surface area contributed by atoms with Gasteiger partial charge in [0.05, 0.1) is 6.54 Å². The summed E-state index contributed by atoms with van der Waals surface area (Å²) in [6.45, 7) is 8.39. The van der Waals surface area contributed by atoms with Crippen molar-refractivity contribution in [2.75, 3.05) is 53.9 Å². The highest BCUT2D eigenvalue weighted by molar-refractivity contribution is 5.79. The van der Waals surface area contributed by atoms with Gasteiger partial charge in [-0.3, -0.25) is 9.89 Å². The van der Waals surface area contributed by atoms with Crippen molar-refractivity contribution in [1.82, 2.24) is 25.2 Å². The van der Waals surface area contributed by atoms with Gasteiger partial charge in [-0.1, -0.05) is 5.16 Å². The Labute approximate surface area is 132 Å². The Morgan fingerprint density at radius 3 is 2.77 bits per heavy atom. The van der Waals surface area contributed by atoms with Crippen molar-refractivity contribution in [1.29, 1.82) is 0 Å². The number of guanidine groups is 1. The van der Waals surface area contributed by atoms with Crippen LogP contribution in [-0.2, 0) is 6.54 Å². The highest BCUT2D eigenvalue weighted by Crippen LogP contribution is 2.05. The van der Waals surface area contributed by atoms with Crippen molar-refractivity contribution >= 4 is 5.96 Å². The van der Waals surface area contributed by atoms with Crippen LogP contribution in [0.3, 0.4) is 0 Å². The summed E-state index contributed by atoms with van der Waals surface area (Å²) >= 11 is 0. The molecule has 22 heavy (non-hydrogen) atoms. The van der Waals surface area contributed by atoms with Crippen molar-refractivity contribution in [3.63, 3.8) is 0 Å². The molecule has 0 aliphatic carbocycles. The van der Waals surface area contributed by atoms with E-state index in [-0.39, 0.29) is 0 Å². The molecule has 2 heterocycles. The fourth-order valence-electron chi connectivity index (χ4n) is 2.65. The zero-order valence-corrected chi connectivity index (χ0v) is 14.1. The number of hydrogen-bond donors (Lipinski definition) is 1. The second-order valence-electron chi connectivity index (χ2n) is 5.96. The van der Waals surface area contributed by atoms with Gasteiger partial charge in [-0.2, -0.15) is 0 Å². The van der Waals surface area contributed by atoms with Gasteiger partial charge in [0, 0.05) is 58.9 Å². The van der Waals surface area contributed by atoms with Gasteiger partial charge in [0.2, 0.25) is 0 Å². The number of nitrogens with zero attached hydrogens (tertiary/aromatic N) is 5. The van der Waals surface area contributed by atoms with Gasteiger partial charge in [-0.05, 0) is 14.0 Å². The maximum Gasteiger partial charge on any atom is 0.193 e. The lowest BCUT2D eigenvalue weighted by Crippen LogP contribution is -2.52. The van der Waals surface area contributed by atoms with E-state index in [9.17, 15) is 0 Å². The Bertz CT molecular complexity index is 453. The van der Waals surface area contributed by atoms with E-state index in [1.54, 1.807) is 6.26 Å². The van der Waals surface area contributed by atoms with E-state index in [0.717, 1.165) is 44.4 Å². The zero-order chi connectivity index (χ0) is 15.9. The molecule has 0 saturated carbocycles. The molecule has 1 saturated heterocycles. The molecule has 1 N–H and O–H groups in total. The van der Waals surface area contributed by atoms with E-state index in [0.29, 0.717) is 12.6 Å². The first-order chi connectivity index (χ1) is 10.6. The number of hydrogen-bond acceptors (Lipinski definition) is 5. The first-order valence-corrected chi connectivity index (χ1v) is 7.83. The Morgan fingerprint density at radius 1 is 1.45 bits per heavy atom. The van der Waals surface area contributed by atoms with E-state index in [2.05, 4.69) is 44.1 Å². The molecule has 0 bridgehead atoms. The molecule has 1 aromatic heterocycles. The number of aromatic nitrogens is 1. The highest BCUT2D eigenvalue weighted by atomic mass is 16.5. The maximum atomic E-state index is 4.87. The number of nitrogens with one attached hydrogen (secondary N) is 1. The molecular formula is C15H28N6O. The van der Waals surface area contributed by atoms with Gasteiger partial charge < -0.3 is 19.6 Å². The molecule has 1 unspecified atom stereocenters. The topological polar surface area (TPSA) is 60.1 Å². The first kappa shape index (κ1) is 16.8. The van der Waals surface area contributed by atoms with Gasteiger partial charge in [0.15, 0.2) is 5.96 Å². The van der Waals surface area contributed by atoms with Crippen LogP contribution in [0, 0.1) is 0 Å². The summed E-state index contributed by atoms with van der Waals surface area (Å²) in [4.78, 5) is 11.3. The molecule has 2 rings (SSSR count). The molecule has 1 aliphatic rings. The van der Waals surface area contributed by atoms with Gasteiger partial charge in [-0.15, -0.1) is 0 Å². The van der Waals surface area contributed by atoms with Crippen molar-refractivity contribution in [2.45, 2.75) is 19.5 Å². The number of aliphatic imine (C=N–C) groups is 1. The molecule has 1 fully saturated rings. The van der Waals surface area contributed by atoms with Crippen LogP contribution in [0.1, 0.15) is 12.6 Å². The maximum absolute atomic E-state index is 4.87. The lowest BCUT2D eigenvalue weighted by Gasteiger charge is -2.37. The van der Waals surface area contributed by atoms with Gasteiger partial charge in [0.1, 0.15) is 12.0 Å². The van der Waals surface area contributed by atoms with Crippen LogP contribution in [0.5, 0.6) is 0 Å². The van der Waals surface area contributed by atoms with Crippen LogP contribution in [0.25, 0.3) is 0 Å². The fourth-order valence-corrected chi connectivity index (χ4v) is 2.65. The van der Waals surface area contributed by atoms with E-state index in [4.69, 9.17) is 4.52 Å². The Hall–Kier alpha value is -1.60. The van der Waals surface area contributed by atoms with E-state index < -0.39 is 0 Å². The Balaban J connectivity index is 1.78. The van der Waals surface area contributed by atoms with Crippen LogP contribution in [0.2, 0.25) is 0 Å². The summed E-state index contributed by atoms with van der Waals surface area (Å²) in [5.41, 5.74) is 0.901. The van der Waals surface area contributed by atoms with Crippen LogP contribution in [0.4, 0.5) is 0 Å². The number of piperazine rings is 1. The first-order valence-electron chi connectivity index (χ1n) is 7.83. The van der Waals surface area contributed by atoms with Crippen molar-refractivity contribution < 1.29 is 4.52 Å². The van der Waals surface area contributed by atoms with Crippen LogP contribution in [-0.4, -0.2) is 85.7 Å². The normalized spacial score (nSPS) is 19.2. The molecule has 1 aromatic rings. The monoisotopic (exact) mass is 308 g/mol. The summed E-state index contributed by atoms with van der Waals surface area (Å²) in [5, 5.41) is 7.39. The minimum atomic E-state index is 0.492. The lowest BCUT2D eigenvalue weighted by atomic mass is 10.2. The second kappa shape index (κ2) is 8.14. The molecule has 0 radical (unpaired) electrons. The van der Waals surface area contributed by atoms with Gasteiger partial charge in [0.25, 0.3) is 0 Å². The Kier molecular flexibility index (Phi) is 6.21. The standard InChI is InChI=1S/C15H28N6O/c1-13(21-8-6-19(3)7-9-21)11-17-15(16-2)20(4)12-14-5-10-22-18-14/h5,10,13H,6-9,11-12H2,1-4H3,(H,16,17). The third kappa shape index (κ3) is 4.71. The molecule has 7 heteroatoms. The fraction of sp³-hybridized carbons (Fsp3) is 0.733. The van der Waals surface area contributed by atoms with Crippen LogP contribution < -0.4 is 5.32 Å². The number of rotatable bonds is 5. The smallest absolute Gasteiger partial charge is 0.193 e. The third-order valence-corrected chi connectivity index (χ3v) is 4.18. The van der Waals surface area contributed by atoms with Crippen molar-refractivity contribution in [2.24, 2.45) is 4.99 Å². The second-order valence-corrected chi connectivity index (χ2v) is 5.96. The highest BCUT2D eigenvalue weighted by Gasteiger charge is 2.19. The van der Waals surface area contributed by atoms with E-state index >= 15 is 0 Å². The predicted octanol–water partition coefficient (Wildman–Crippen LogP) is 0.318. The summed E-state index contributed by atoms with van der Waals surface area (Å²) in [6.07, 6.45) is 1.59. The minimum Gasteiger partial charge on any atom is -0.364 e. The average Bonchev–Trinajstić information content (AvgIpc) is 3.01. The van der Waals surface area contributed by atoms with E-state index in [1.165, 1.54) is 0 Å². The molecular weight excluding hydrogens is 280 g/mol. The lowest BCUT2D eigenvalue weighted by molar-refractivity contribution is 0.119. The summed E-state index contributed by atoms with van der Waals surface area (Å²) < 4.78 is 4.87. The summed E-state index contributed by atoms with van der Waals surface area (Å²) in [6, 6.07) is 2.36. The molecule has 0 amide bonds. The molecule has 124 valence electrons. The molecule has 0 spiro atoms. The third-order valence-electron chi connectivity index (χ3n) is 4.18. The molecule has 1 atom stereocenters. The molecule has 7 nitrogen and oxygen atoms in total. The predicted molar refractivity (Wildman–Crippen MR) is 87.9 cm³/mol. The quantitative estimate of drug-likeness (QED) is 0.624. The van der Waals surface area contributed by atoms with Gasteiger partial charge >= 0.3 is 0 Å². The zero-order valence-electron chi connectivity index (χ0n) is 14.1. The molecule has 0 aromatic carbocycles. The van der Waals surface area contributed by atoms with Crippen molar-refractivity contribution in [3.8, 4) is 0 Å². The number of likely N-dealkylation sites (N-methyl/N-ethyl adjacent to an activating group) is 1. The van der Waals surface area contributed by atoms with Gasteiger partial charge in [-0.25, -0.2) is 0 Å². The average molecular weight is 308 g/mol. The minimum absolute atomic E-state index is 0.492. The largest absolute Gasteiger partial charge is 0.364 e. The molecule has 1 aliphatic heterocycles. The summed E-state index contributed by atoms with van der Waals surface area (Å²) in [7, 11) is 5.99. The van der Waals surface area contributed by atoms with E-state index in [1.807, 2.05) is 20.2 Å². The van der Waals surface area contributed by atoms with Crippen LogP contribution >= 0.6 is 0 Å².